The summed E-state index contributed by atoms with van der Waals surface area (Å²) >= 11 is 9.26. The minimum absolute atomic E-state index is 0.257. The van der Waals surface area contributed by atoms with Crippen LogP contribution in [0, 0.1) is 5.82 Å². The highest BCUT2D eigenvalue weighted by Gasteiger charge is 2.09. The van der Waals surface area contributed by atoms with Crippen molar-refractivity contribution in [3.05, 3.63) is 62.8 Å². The molecule has 3 nitrogen and oxygen atoms in total. The van der Waals surface area contributed by atoms with E-state index in [4.69, 9.17) is 21.5 Å². The van der Waals surface area contributed by atoms with E-state index >= 15 is 0 Å². The van der Waals surface area contributed by atoms with Crippen molar-refractivity contribution in [1.82, 2.24) is 0 Å². The average Bonchev–Trinajstić information content (AvgIpc) is 2.40. The van der Waals surface area contributed by atoms with Crippen molar-refractivity contribution in [2.75, 3.05) is 0 Å². The number of oxime groups is 1. The SMILES string of the molecule is ON=Cc1cc(Cl)cc(Br)c1OCc1ccc(F)cc1. The Balaban J connectivity index is 2.22. The summed E-state index contributed by atoms with van der Waals surface area (Å²) < 4.78 is 19.1. The van der Waals surface area contributed by atoms with E-state index in [0.29, 0.717) is 20.8 Å². The first-order valence-corrected chi connectivity index (χ1v) is 6.81. The van der Waals surface area contributed by atoms with E-state index in [1.54, 1.807) is 24.3 Å². The maximum Gasteiger partial charge on any atom is 0.142 e. The van der Waals surface area contributed by atoms with Gasteiger partial charge in [-0.05, 0) is 45.8 Å². The molecule has 0 saturated heterocycles. The molecule has 20 heavy (non-hydrogen) atoms. The van der Waals surface area contributed by atoms with Crippen molar-refractivity contribution < 1.29 is 14.3 Å². The Morgan fingerprint density at radius 3 is 2.65 bits per heavy atom. The molecule has 0 bridgehead atoms. The molecule has 0 fully saturated rings. The van der Waals surface area contributed by atoms with E-state index in [2.05, 4.69) is 21.1 Å². The molecule has 0 aliphatic heterocycles. The molecule has 6 heteroatoms. The first-order chi connectivity index (χ1) is 9.60. The Morgan fingerprint density at radius 1 is 1.30 bits per heavy atom. The van der Waals surface area contributed by atoms with Gasteiger partial charge < -0.3 is 9.94 Å². The van der Waals surface area contributed by atoms with E-state index in [1.165, 1.54) is 18.3 Å². The molecular weight excluding hydrogens is 349 g/mol. The molecule has 0 radical (unpaired) electrons. The van der Waals surface area contributed by atoms with Crippen LogP contribution in [0.15, 0.2) is 46.0 Å². The molecule has 2 rings (SSSR count). The van der Waals surface area contributed by atoms with Gasteiger partial charge in [-0.3, -0.25) is 0 Å². The molecule has 0 aliphatic rings. The molecule has 0 saturated carbocycles. The van der Waals surface area contributed by atoms with Crippen molar-refractivity contribution >= 4 is 33.7 Å². The minimum Gasteiger partial charge on any atom is -0.487 e. The summed E-state index contributed by atoms with van der Waals surface area (Å²) in [5.41, 5.74) is 1.36. The first-order valence-electron chi connectivity index (χ1n) is 5.64. The number of nitrogens with zero attached hydrogens (tertiary/aromatic N) is 1. The monoisotopic (exact) mass is 357 g/mol. The number of ether oxygens (including phenoxy) is 1. The predicted octanol–water partition coefficient (Wildman–Crippen LogP) is 4.63. The van der Waals surface area contributed by atoms with Gasteiger partial charge in [0.1, 0.15) is 18.2 Å². The van der Waals surface area contributed by atoms with Gasteiger partial charge in [0.2, 0.25) is 0 Å². The van der Waals surface area contributed by atoms with Crippen LogP contribution in [-0.4, -0.2) is 11.4 Å². The predicted molar refractivity (Wildman–Crippen MR) is 79.3 cm³/mol. The number of rotatable bonds is 4. The number of hydrogen-bond acceptors (Lipinski definition) is 3. The summed E-state index contributed by atoms with van der Waals surface area (Å²) in [5.74, 6) is 0.200. The Labute approximate surface area is 128 Å². The molecule has 0 heterocycles. The third-order valence-electron chi connectivity index (χ3n) is 2.53. The smallest absolute Gasteiger partial charge is 0.142 e. The third kappa shape index (κ3) is 3.71. The van der Waals surface area contributed by atoms with Crippen LogP contribution in [0.2, 0.25) is 5.02 Å². The summed E-state index contributed by atoms with van der Waals surface area (Å²) in [6.07, 6.45) is 1.23. The van der Waals surface area contributed by atoms with Crippen LogP contribution in [-0.2, 0) is 6.61 Å². The number of benzene rings is 2. The summed E-state index contributed by atoms with van der Waals surface area (Å²) in [7, 11) is 0. The molecule has 0 unspecified atom stereocenters. The molecule has 0 aliphatic carbocycles. The summed E-state index contributed by atoms with van der Waals surface area (Å²) in [6.45, 7) is 0.257. The zero-order valence-electron chi connectivity index (χ0n) is 10.2. The van der Waals surface area contributed by atoms with Crippen molar-refractivity contribution in [3.63, 3.8) is 0 Å². The van der Waals surface area contributed by atoms with Gasteiger partial charge in [-0.2, -0.15) is 0 Å². The normalized spacial score (nSPS) is 10.9. The molecule has 1 N–H and O–H groups in total. The van der Waals surface area contributed by atoms with E-state index < -0.39 is 0 Å². The summed E-state index contributed by atoms with van der Waals surface area (Å²) in [4.78, 5) is 0. The van der Waals surface area contributed by atoms with Gasteiger partial charge >= 0.3 is 0 Å². The molecule has 2 aromatic rings. The van der Waals surface area contributed by atoms with Crippen LogP contribution >= 0.6 is 27.5 Å². The number of halogens is 3. The molecule has 2 aromatic carbocycles. The Bertz CT molecular complexity index is 632. The lowest BCUT2D eigenvalue weighted by atomic mass is 10.2. The fraction of sp³-hybridized carbons (Fsp3) is 0.0714. The third-order valence-corrected chi connectivity index (χ3v) is 3.34. The van der Waals surface area contributed by atoms with Gasteiger partial charge in [-0.15, -0.1) is 0 Å². The lowest BCUT2D eigenvalue weighted by molar-refractivity contribution is 0.302. The maximum absolute atomic E-state index is 12.8. The second kappa shape index (κ2) is 6.72. The van der Waals surface area contributed by atoms with Crippen LogP contribution in [0.25, 0.3) is 0 Å². The van der Waals surface area contributed by atoms with Crippen LogP contribution in [0.4, 0.5) is 4.39 Å². The van der Waals surface area contributed by atoms with Crippen LogP contribution < -0.4 is 4.74 Å². The highest BCUT2D eigenvalue weighted by molar-refractivity contribution is 9.10. The zero-order chi connectivity index (χ0) is 14.5. The zero-order valence-corrected chi connectivity index (χ0v) is 12.5. The summed E-state index contributed by atoms with van der Waals surface area (Å²) in [5, 5.41) is 12.1. The van der Waals surface area contributed by atoms with E-state index in [-0.39, 0.29) is 12.4 Å². The lowest BCUT2D eigenvalue weighted by Crippen LogP contribution is -1.99. The van der Waals surface area contributed by atoms with Crippen molar-refractivity contribution in [1.29, 1.82) is 0 Å². The second-order valence-corrected chi connectivity index (χ2v) is 5.26. The first kappa shape index (κ1) is 14.8. The largest absolute Gasteiger partial charge is 0.487 e. The van der Waals surface area contributed by atoms with Gasteiger partial charge in [-0.1, -0.05) is 28.9 Å². The van der Waals surface area contributed by atoms with E-state index in [9.17, 15) is 4.39 Å². The van der Waals surface area contributed by atoms with Crippen molar-refractivity contribution in [2.45, 2.75) is 6.61 Å². The topological polar surface area (TPSA) is 41.8 Å². The van der Waals surface area contributed by atoms with Crippen LogP contribution in [0.1, 0.15) is 11.1 Å². The van der Waals surface area contributed by atoms with E-state index in [0.717, 1.165) is 5.56 Å². The number of hydrogen-bond donors (Lipinski definition) is 1. The molecule has 0 amide bonds. The molecule has 0 atom stereocenters. The molecule has 0 spiro atoms. The van der Waals surface area contributed by atoms with Crippen LogP contribution in [0.3, 0.4) is 0 Å². The van der Waals surface area contributed by atoms with Crippen molar-refractivity contribution in [3.8, 4) is 5.75 Å². The fourth-order valence-electron chi connectivity index (χ4n) is 1.63. The van der Waals surface area contributed by atoms with Crippen molar-refractivity contribution in [2.24, 2.45) is 5.16 Å². The highest BCUT2D eigenvalue weighted by atomic mass is 79.9. The van der Waals surface area contributed by atoms with Gasteiger partial charge in [0.25, 0.3) is 0 Å². The minimum atomic E-state index is -0.297. The van der Waals surface area contributed by atoms with Gasteiger partial charge in [0.15, 0.2) is 0 Å². The standard InChI is InChI=1S/C14H10BrClFNO2/c15-13-6-11(16)5-10(7-18-19)14(13)20-8-9-1-3-12(17)4-2-9/h1-7,19H,8H2. The van der Waals surface area contributed by atoms with Crippen LogP contribution in [0.5, 0.6) is 5.75 Å². The second-order valence-electron chi connectivity index (χ2n) is 3.97. The van der Waals surface area contributed by atoms with Gasteiger partial charge in [-0.25, -0.2) is 4.39 Å². The average molecular weight is 359 g/mol. The summed E-state index contributed by atoms with van der Waals surface area (Å²) in [6, 6.07) is 9.30. The Hall–Kier alpha value is -1.59. The molecule has 104 valence electrons. The Morgan fingerprint density at radius 2 is 2.00 bits per heavy atom. The maximum atomic E-state index is 12.8. The van der Waals surface area contributed by atoms with E-state index in [1.807, 2.05) is 0 Å². The lowest BCUT2D eigenvalue weighted by Gasteiger charge is -2.11. The fourth-order valence-corrected chi connectivity index (χ4v) is 2.58. The molecule has 0 aromatic heterocycles. The molecular formula is C14H10BrClFNO2. The van der Waals surface area contributed by atoms with Gasteiger partial charge in [0, 0.05) is 10.6 Å². The quantitative estimate of drug-likeness (QED) is 0.492. The Kier molecular flexibility index (Phi) is 4.98. The van der Waals surface area contributed by atoms with Gasteiger partial charge in [0.05, 0.1) is 10.7 Å². The highest BCUT2D eigenvalue weighted by Crippen LogP contribution is 2.32.